The summed E-state index contributed by atoms with van der Waals surface area (Å²) in [5, 5.41) is 11.9. The molecule has 0 spiro atoms. The number of benzene rings is 2. The topological polar surface area (TPSA) is 110 Å². The molecule has 8 nitrogen and oxygen atoms in total. The fourth-order valence-electron chi connectivity index (χ4n) is 3.50. The molecule has 1 amide bonds. The van der Waals surface area contributed by atoms with Gasteiger partial charge in [-0.05, 0) is 11.6 Å². The summed E-state index contributed by atoms with van der Waals surface area (Å²) >= 11 is 0. The van der Waals surface area contributed by atoms with Crippen molar-refractivity contribution in [2.45, 2.75) is 25.4 Å². The molecule has 3 rings (SSSR count). The number of carboxylic acid groups (broad SMARTS) is 1. The third kappa shape index (κ3) is 7.01. The number of hydrogen-bond donors (Lipinski definition) is 3. The van der Waals surface area contributed by atoms with Gasteiger partial charge in [-0.15, -0.1) is 0 Å². The van der Waals surface area contributed by atoms with Crippen LogP contribution in [-0.2, 0) is 13.2 Å². The number of ether oxygens (including phenoxy) is 1. The molecule has 0 aliphatic rings. The molecular formula is C26H21F6N3O5. The van der Waals surface area contributed by atoms with Crippen molar-refractivity contribution in [2.75, 3.05) is 12.1 Å². The zero-order chi connectivity index (χ0) is 29.4. The molecular weight excluding hydrogens is 548 g/mol. The number of nitrogens with one attached hydrogen (secondary N) is 2. The lowest BCUT2D eigenvalue weighted by Crippen LogP contribution is -2.40. The van der Waals surface area contributed by atoms with Gasteiger partial charge in [0.15, 0.2) is 11.9 Å². The van der Waals surface area contributed by atoms with Gasteiger partial charge in [0.05, 0.1) is 12.4 Å². The summed E-state index contributed by atoms with van der Waals surface area (Å²) in [6.07, 6.45) is -1.39. The molecule has 3 aromatic rings. The molecule has 0 saturated carbocycles. The molecule has 0 saturated heterocycles. The van der Waals surface area contributed by atoms with Crippen LogP contribution in [0.25, 0.3) is 0 Å². The Morgan fingerprint density at radius 1 is 1.10 bits per heavy atom. The van der Waals surface area contributed by atoms with Gasteiger partial charge in [-0.1, -0.05) is 30.3 Å². The number of carbonyl (C=O) groups excluding carboxylic acids is 1. The molecule has 3 N–H and O–H groups in total. The van der Waals surface area contributed by atoms with Crippen molar-refractivity contribution in [3.8, 4) is 5.75 Å². The Morgan fingerprint density at radius 3 is 2.33 bits per heavy atom. The summed E-state index contributed by atoms with van der Waals surface area (Å²) in [4.78, 5) is 38.2. The summed E-state index contributed by atoms with van der Waals surface area (Å²) in [5.41, 5.74) is -1.16. The number of alkyl halides is 2. The number of aromatic carboxylic acids is 1. The van der Waals surface area contributed by atoms with Gasteiger partial charge in [0.25, 0.3) is 5.91 Å². The predicted octanol–water partition coefficient (Wildman–Crippen LogP) is 4.18. The molecule has 0 fully saturated rings. The first-order valence-electron chi connectivity index (χ1n) is 11.4. The van der Waals surface area contributed by atoms with Gasteiger partial charge < -0.3 is 20.6 Å². The zero-order valence-corrected chi connectivity index (χ0v) is 20.3. The van der Waals surface area contributed by atoms with Crippen LogP contribution in [-0.4, -0.2) is 40.5 Å². The minimum Gasteiger partial charge on any atom is -0.482 e. The average Bonchev–Trinajstić information content (AvgIpc) is 2.91. The fourth-order valence-corrected chi connectivity index (χ4v) is 3.50. The zero-order valence-electron chi connectivity index (χ0n) is 20.3. The van der Waals surface area contributed by atoms with E-state index < -0.39 is 82.8 Å². The summed E-state index contributed by atoms with van der Waals surface area (Å²) in [5.74, 6) is -7.86. The molecule has 212 valence electrons. The van der Waals surface area contributed by atoms with Crippen LogP contribution in [0.2, 0.25) is 0 Å². The average molecular weight is 569 g/mol. The molecule has 0 aliphatic heterocycles. The second kappa shape index (κ2) is 13.4. The number of amides is 1. The molecule has 2 atom stereocenters. The van der Waals surface area contributed by atoms with Gasteiger partial charge in [0.2, 0.25) is 11.2 Å². The Hall–Kier alpha value is -4.75. The Morgan fingerprint density at radius 2 is 1.75 bits per heavy atom. The molecule has 0 radical (unpaired) electrons. The van der Waals surface area contributed by atoms with E-state index in [1.165, 1.54) is 0 Å². The number of aromatic nitrogens is 1. The van der Waals surface area contributed by atoms with Crippen molar-refractivity contribution in [3.05, 3.63) is 111 Å². The largest absolute Gasteiger partial charge is 0.482 e. The third-order valence-electron chi connectivity index (χ3n) is 5.48. The van der Waals surface area contributed by atoms with Crippen LogP contribution in [0, 0.1) is 17.5 Å². The van der Waals surface area contributed by atoms with E-state index in [1.807, 2.05) is 0 Å². The SMILES string of the molecule is O=C(NCc1c(F)cc(F)cc1F)c1cn(NC(C=CF)C(F)CF)c(C(=O)O)c(OCc2ccccc2)c1=O. The van der Waals surface area contributed by atoms with Crippen molar-refractivity contribution in [3.63, 3.8) is 0 Å². The number of carboxylic acids is 1. The maximum Gasteiger partial charge on any atom is 0.358 e. The van der Waals surface area contributed by atoms with Gasteiger partial charge in [0, 0.05) is 30.4 Å². The Kier molecular flexibility index (Phi) is 9.95. The molecule has 14 heteroatoms. The lowest BCUT2D eigenvalue weighted by molar-refractivity contribution is 0.0677. The molecule has 2 aromatic carbocycles. The van der Waals surface area contributed by atoms with Crippen molar-refractivity contribution in [1.82, 2.24) is 9.99 Å². The summed E-state index contributed by atoms with van der Waals surface area (Å²) in [6.45, 7) is -2.83. The third-order valence-corrected chi connectivity index (χ3v) is 5.48. The quantitative estimate of drug-likeness (QED) is 0.283. The van der Waals surface area contributed by atoms with E-state index >= 15 is 0 Å². The van der Waals surface area contributed by atoms with E-state index in [0.29, 0.717) is 34.6 Å². The number of hydrogen-bond acceptors (Lipinski definition) is 5. The Balaban J connectivity index is 2.08. The first-order chi connectivity index (χ1) is 19.1. The Bertz CT molecular complexity index is 1440. The van der Waals surface area contributed by atoms with Crippen molar-refractivity contribution >= 4 is 11.9 Å². The van der Waals surface area contributed by atoms with Crippen LogP contribution in [0.15, 0.2) is 65.9 Å². The number of nitrogens with zero attached hydrogens (tertiary/aromatic N) is 1. The van der Waals surface area contributed by atoms with E-state index in [0.717, 1.165) is 0 Å². The minimum atomic E-state index is -2.39. The maximum absolute atomic E-state index is 14.1. The van der Waals surface area contributed by atoms with E-state index in [4.69, 9.17) is 4.74 Å². The van der Waals surface area contributed by atoms with Crippen molar-refractivity contribution < 1.29 is 45.8 Å². The van der Waals surface area contributed by atoms with E-state index in [1.54, 1.807) is 30.3 Å². The smallest absolute Gasteiger partial charge is 0.358 e. The lowest BCUT2D eigenvalue weighted by Gasteiger charge is -2.23. The van der Waals surface area contributed by atoms with Gasteiger partial charge >= 0.3 is 5.97 Å². The summed E-state index contributed by atoms with van der Waals surface area (Å²) in [7, 11) is 0. The van der Waals surface area contributed by atoms with Crippen LogP contribution in [0.1, 0.15) is 32.0 Å². The van der Waals surface area contributed by atoms with Crippen molar-refractivity contribution in [2.24, 2.45) is 0 Å². The molecule has 40 heavy (non-hydrogen) atoms. The summed E-state index contributed by atoms with van der Waals surface area (Å²) < 4.78 is 87.1. The van der Waals surface area contributed by atoms with Gasteiger partial charge in [-0.25, -0.2) is 31.1 Å². The van der Waals surface area contributed by atoms with Crippen molar-refractivity contribution in [1.29, 1.82) is 0 Å². The van der Waals surface area contributed by atoms with Crippen LogP contribution < -0.4 is 20.9 Å². The minimum absolute atomic E-state index is 0.130. The highest BCUT2D eigenvalue weighted by Crippen LogP contribution is 2.19. The number of pyridine rings is 1. The van der Waals surface area contributed by atoms with Crippen LogP contribution in [0.3, 0.4) is 0 Å². The van der Waals surface area contributed by atoms with Crippen LogP contribution in [0.5, 0.6) is 5.75 Å². The number of halogens is 6. The Labute approximate surface area is 222 Å². The van der Waals surface area contributed by atoms with E-state index in [9.17, 15) is 45.8 Å². The van der Waals surface area contributed by atoms with Gasteiger partial charge in [-0.2, -0.15) is 0 Å². The lowest BCUT2D eigenvalue weighted by atomic mass is 10.1. The van der Waals surface area contributed by atoms with Gasteiger partial charge in [0.1, 0.15) is 36.3 Å². The second-order valence-electron chi connectivity index (χ2n) is 8.17. The number of rotatable bonds is 12. The summed E-state index contributed by atoms with van der Waals surface area (Å²) in [6, 6.07) is 7.02. The first kappa shape index (κ1) is 29.8. The molecule has 2 unspecified atom stereocenters. The predicted molar refractivity (Wildman–Crippen MR) is 130 cm³/mol. The highest BCUT2D eigenvalue weighted by molar-refractivity contribution is 5.96. The highest BCUT2D eigenvalue weighted by atomic mass is 19.2. The standard InChI is InChI=1S/C26H21F6N3O5/c27-7-6-21(20(32)10-28)34-35-12-17(25(37)33-11-16-18(30)8-15(29)9-19(16)31)23(36)24(22(35)26(38)39)40-13-14-4-2-1-3-5-14/h1-9,12,20-21,34H,10-11,13H2,(H,33,37)(H,38,39). The van der Waals surface area contributed by atoms with E-state index in [2.05, 4.69) is 10.7 Å². The fraction of sp³-hybridized carbons (Fsp3) is 0.192. The molecule has 1 aromatic heterocycles. The van der Waals surface area contributed by atoms with E-state index in [-0.39, 0.29) is 12.9 Å². The number of carbonyl (C=O) groups is 2. The van der Waals surface area contributed by atoms with Crippen LogP contribution >= 0.6 is 0 Å². The molecule has 1 heterocycles. The second-order valence-corrected chi connectivity index (χ2v) is 8.17. The van der Waals surface area contributed by atoms with Crippen LogP contribution in [0.4, 0.5) is 26.3 Å². The monoisotopic (exact) mass is 569 g/mol. The maximum atomic E-state index is 14.1. The van der Waals surface area contributed by atoms with Gasteiger partial charge in [-0.3, -0.25) is 14.3 Å². The first-order valence-corrected chi connectivity index (χ1v) is 11.4. The molecule has 0 bridgehead atoms. The highest BCUT2D eigenvalue weighted by Gasteiger charge is 2.28. The normalized spacial score (nSPS) is 12.7. The molecule has 0 aliphatic carbocycles.